The number of nitrogens with zero attached hydrogens (tertiary/aromatic N) is 4. The summed E-state index contributed by atoms with van der Waals surface area (Å²) in [7, 11) is 1.80. The van der Waals surface area contributed by atoms with Crippen LogP contribution in [0.1, 0.15) is 35.1 Å². The number of hydrogen-bond acceptors (Lipinski definition) is 3. The second kappa shape index (κ2) is 8.69. The fraction of sp³-hybridized carbons (Fsp3) is 0.318. The van der Waals surface area contributed by atoms with Crippen LogP contribution in [0.15, 0.2) is 65.7 Å². The molecule has 6 heteroatoms. The lowest BCUT2D eigenvalue weighted by atomic mass is 9.91. The Morgan fingerprint density at radius 2 is 1.68 bits per heavy atom. The molecule has 2 aromatic carbocycles. The molecule has 2 heterocycles. The maximum atomic E-state index is 4.38. The average Bonchev–Trinajstić information content (AvgIpc) is 3.36. The Morgan fingerprint density at radius 3 is 2.32 bits per heavy atom. The highest BCUT2D eigenvalue weighted by molar-refractivity contribution is 5.79. The lowest BCUT2D eigenvalue weighted by Gasteiger charge is -2.20. The molecule has 28 heavy (non-hydrogen) atoms. The zero-order chi connectivity index (χ0) is 19.2. The molecule has 0 atom stereocenters. The molecule has 0 fully saturated rings. The van der Waals surface area contributed by atoms with E-state index in [1.54, 1.807) is 7.05 Å². The molecule has 3 aromatic rings. The largest absolute Gasteiger partial charge is 0.355 e. The summed E-state index contributed by atoms with van der Waals surface area (Å²) in [6.45, 7) is 2.38. The Balaban J connectivity index is 1.42. The Hall–Kier alpha value is -3.15. The van der Waals surface area contributed by atoms with Crippen molar-refractivity contribution in [1.82, 2.24) is 25.4 Å². The van der Waals surface area contributed by atoms with Gasteiger partial charge in [-0.3, -0.25) is 4.99 Å². The number of aryl methyl sites for hydroxylation is 1. The second-order valence-electron chi connectivity index (χ2n) is 6.97. The molecule has 0 saturated heterocycles. The van der Waals surface area contributed by atoms with Crippen molar-refractivity contribution in [2.75, 3.05) is 13.6 Å². The van der Waals surface area contributed by atoms with E-state index in [0.717, 1.165) is 43.5 Å². The van der Waals surface area contributed by atoms with Gasteiger partial charge in [0.25, 0.3) is 0 Å². The van der Waals surface area contributed by atoms with Crippen LogP contribution in [0, 0.1) is 0 Å². The summed E-state index contributed by atoms with van der Waals surface area (Å²) in [4.78, 5) is 4.38. The van der Waals surface area contributed by atoms with E-state index in [4.69, 9.17) is 0 Å². The summed E-state index contributed by atoms with van der Waals surface area (Å²) >= 11 is 0. The number of fused-ring (bicyclic) bond motifs is 1. The molecule has 0 bridgehead atoms. The maximum absolute atomic E-state index is 4.38. The molecule has 0 saturated carbocycles. The number of benzene rings is 2. The van der Waals surface area contributed by atoms with Gasteiger partial charge in [0.1, 0.15) is 5.82 Å². The lowest BCUT2D eigenvalue weighted by Crippen LogP contribution is -2.39. The highest BCUT2D eigenvalue weighted by Gasteiger charge is 2.18. The maximum Gasteiger partial charge on any atom is 0.191 e. The van der Waals surface area contributed by atoms with Crippen LogP contribution in [0.25, 0.3) is 0 Å². The standard InChI is InChI=1S/C22H26N6/c1-23-22(25-16-21-27-26-20-13-8-14-28(20)21)24-15-19(17-9-4-2-5-10-17)18-11-6-3-7-12-18/h2-7,9-12,19H,8,13-16H2,1H3,(H2,23,24,25). The van der Waals surface area contributed by atoms with Gasteiger partial charge < -0.3 is 15.2 Å². The van der Waals surface area contributed by atoms with Crippen LogP contribution >= 0.6 is 0 Å². The van der Waals surface area contributed by atoms with Gasteiger partial charge in [0, 0.05) is 32.5 Å². The number of rotatable bonds is 6. The van der Waals surface area contributed by atoms with E-state index < -0.39 is 0 Å². The zero-order valence-electron chi connectivity index (χ0n) is 16.2. The van der Waals surface area contributed by atoms with Crippen molar-refractivity contribution in [3.05, 3.63) is 83.4 Å². The molecule has 0 spiro atoms. The Kier molecular flexibility index (Phi) is 5.66. The predicted molar refractivity (Wildman–Crippen MR) is 111 cm³/mol. The van der Waals surface area contributed by atoms with Crippen molar-refractivity contribution in [2.45, 2.75) is 31.8 Å². The number of aromatic nitrogens is 3. The quantitative estimate of drug-likeness (QED) is 0.514. The van der Waals surface area contributed by atoms with E-state index in [0.29, 0.717) is 6.54 Å². The van der Waals surface area contributed by atoms with Crippen molar-refractivity contribution in [3.63, 3.8) is 0 Å². The van der Waals surface area contributed by atoms with Gasteiger partial charge in [-0.15, -0.1) is 10.2 Å². The molecule has 0 aliphatic carbocycles. The third kappa shape index (κ3) is 4.06. The number of guanidine groups is 1. The van der Waals surface area contributed by atoms with Gasteiger partial charge in [0.2, 0.25) is 0 Å². The first-order valence-electron chi connectivity index (χ1n) is 9.80. The minimum Gasteiger partial charge on any atom is -0.355 e. The molecular formula is C22H26N6. The number of hydrogen-bond donors (Lipinski definition) is 2. The summed E-state index contributed by atoms with van der Waals surface area (Å²) in [5, 5.41) is 15.4. The summed E-state index contributed by atoms with van der Waals surface area (Å²) in [5.41, 5.74) is 2.57. The molecule has 1 aliphatic rings. The first-order chi connectivity index (χ1) is 13.8. The van der Waals surface area contributed by atoms with Crippen molar-refractivity contribution < 1.29 is 0 Å². The Morgan fingerprint density at radius 1 is 1.00 bits per heavy atom. The van der Waals surface area contributed by atoms with Gasteiger partial charge in [0.05, 0.1) is 6.54 Å². The van der Waals surface area contributed by atoms with E-state index in [-0.39, 0.29) is 5.92 Å². The SMILES string of the molecule is CN=C(NCc1nnc2n1CCC2)NCC(c1ccccc1)c1ccccc1. The van der Waals surface area contributed by atoms with E-state index >= 15 is 0 Å². The molecule has 4 rings (SSSR count). The summed E-state index contributed by atoms with van der Waals surface area (Å²) < 4.78 is 2.21. The van der Waals surface area contributed by atoms with E-state index in [2.05, 4.69) is 91.1 Å². The molecular weight excluding hydrogens is 348 g/mol. The van der Waals surface area contributed by atoms with Gasteiger partial charge in [-0.1, -0.05) is 60.7 Å². The summed E-state index contributed by atoms with van der Waals surface area (Å²) in [6, 6.07) is 21.2. The van der Waals surface area contributed by atoms with Crippen LogP contribution < -0.4 is 10.6 Å². The van der Waals surface area contributed by atoms with Gasteiger partial charge in [0.15, 0.2) is 11.8 Å². The smallest absolute Gasteiger partial charge is 0.191 e. The van der Waals surface area contributed by atoms with Gasteiger partial charge in [-0.2, -0.15) is 0 Å². The van der Waals surface area contributed by atoms with Crippen LogP contribution in [-0.4, -0.2) is 34.3 Å². The van der Waals surface area contributed by atoms with E-state index in [9.17, 15) is 0 Å². The van der Waals surface area contributed by atoms with Crippen LogP contribution in [-0.2, 0) is 19.5 Å². The monoisotopic (exact) mass is 374 g/mol. The minimum atomic E-state index is 0.248. The van der Waals surface area contributed by atoms with Gasteiger partial charge in [-0.05, 0) is 17.5 Å². The van der Waals surface area contributed by atoms with E-state index in [1.165, 1.54) is 11.1 Å². The zero-order valence-corrected chi connectivity index (χ0v) is 16.2. The highest BCUT2D eigenvalue weighted by Crippen LogP contribution is 2.23. The Labute approximate surface area is 165 Å². The normalized spacial score (nSPS) is 13.6. The van der Waals surface area contributed by atoms with Crippen LogP contribution in [0.3, 0.4) is 0 Å². The van der Waals surface area contributed by atoms with Gasteiger partial charge >= 0.3 is 0 Å². The fourth-order valence-electron chi connectivity index (χ4n) is 3.72. The van der Waals surface area contributed by atoms with Gasteiger partial charge in [-0.25, -0.2) is 0 Å². The van der Waals surface area contributed by atoms with Crippen LogP contribution in [0.2, 0.25) is 0 Å². The molecule has 0 unspecified atom stereocenters. The van der Waals surface area contributed by atoms with Crippen LogP contribution in [0.4, 0.5) is 0 Å². The summed E-state index contributed by atoms with van der Waals surface area (Å²) in [6.07, 6.45) is 2.18. The van der Waals surface area contributed by atoms with Crippen LogP contribution in [0.5, 0.6) is 0 Å². The van der Waals surface area contributed by atoms with Crippen molar-refractivity contribution >= 4 is 5.96 Å². The lowest BCUT2D eigenvalue weighted by molar-refractivity contribution is 0.658. The Bertz CT molecular complexity index is 877. The number of nitrogens with one attached hydrogen (secondary N) is 2. The molecule has 0 radical (unpaired) electrons. The first-order valence-corrected chi connectivity index (χ1v) is 9.80. The van der Waals surface area contributed by atoms with Crippen molar-refractivity contribution in [1.29, 1.82) is 0 Å². The molecule has 0 amide bonds. The second-order valence-corrected chi connectivity index (χ2v) is 6.97. The highest BCUT2D eigenvalue weighted by atomic mass is 15.3. The van der Waals surface area contributed by atoms with Crippen molar-refractivity contribution in [3.8, 4) is 0 Å². The predicted octanol–water partition coefficient (Wildman–Crippen LogP) is 2.72. The first kappa shape index (κ1) is 18.2. The minimum absolute atomic E-state index is 0.248. The summed E-state index contributed by atoms with van der Waals surface area (Å²) in [5.74, 6) is 3.08. The molecule has 1 aromatic heterocycles. The third-order valence-corrected chi connectivity index (χ3v) is 5.20. The molecule has 144 valence electrons. The molecule has 6 nitrogen and oxygen atoms in total. The topological polar surface area (TPSA) is 67.1 Å². The molecule has 1 aliphatic heterocycles. The molecule has 2 N–H and O–H groups in total. The fourth-order valence-corrected chi connectivity index (χ4v) is 3.72. The third-order valence-electron chi connectivity index (χ3n) is 5.20. The number of aliphatic imine (C=N–C) groups is 1. The van der Waals surface area contributed by atoms with Crippen molar-refractivity contribution in [2.24, 2.45) is 4.99 Å². The average molecular weight is 374 g/mol. The van der Waals surface area contributed by atoms with E-state index in [1.807, 2.05) is 0 Å².